The van der Waals surface area contributed by atoms with Crippen molar-refractivity contribution in [3.8, 4) is 0 Å². The van der Waals surface area contributed by atoms with E-state index in [4.69, 9.17) is 0 Å². The monoisotopic (exact) mass is 202 g/mol. The molecule has 0 rings (SSSR count). The fourth-order valence-electron chi connectivity index (χ4n) is 0.125. The van der Waals surface area contributed by atoms with Crippen LogP contribution < -0.4 is 10.6 Å². The molecule has 0 aromatic heterocycles. The molecular weight excluding hydrogens is 192 g/mol. The van der Waals surface area contributed by atoms with Crippen molar-refractivity contribution in [1.29, 1.82) is 0 Å². The third kappa shape index (κ3) is 2.49. The number of rotatable bonds is 2. The first-order valence-electron chi connectivity index (χ1n) is 1.70. The van der Waals surface area contributed by atoms with Crippen LogP contribution in [0.5, 0.6) is 0 Å². The van der Waals surface area contributed by atoms with Crippen molar-refractivity contribution in [2.24, 2.45) is 0 Å². The van der Waals surface area contributed by atoms with Crippen LogP contribution in [0.1, 0.15) is 0 Å². The van der Waals surface area contributed by atoms with E-state index in [2.05, 4.69) is 10.6 Å². The Kier molecular flexibility index (Phi) is 3.60. The maximum absolute atomic E-state index is 2.92. The quantitative estimate of drug-likeness (QED) is 0.540. The summed E-state index contributed by atoms with van der Waals surface area (Å²) in [6, 6.07) is 0. The molecule has 3 heteroatoms. The summed E-state index contributed by atoms with van der Waals surface area (Å²) in [6.07, 6.45) is 0. The summed E-state index contributed by atoms with van der Waals surface area (Å²) < 4.78 is 1.10. The van der Waals surface area contributed by atoms with Crippen LogP contribution in [0.15, 0.2) is 0 Å². The minimum atomic E-state index is 1.10. The average Bonchev–Trinajstić information content (AvgIpc) is 1.65. The molecule has 0 aliphatic carbocycles. The Morgan fingerprint density at radius 2 is 1.67 bits per heavy atom. The average molecular weight is 200 g/mol. The third-order valence-corrected chi connectivity index (χ3v) is 1.62. The van der Waals surface area contributed by atoms with Gasteiger partial charge in [-0.2, -0.15) is 0 Å². The zero-order valence-corrected chi connectivity index (χ0v) is 6.24. The summed E-state index contributed by atoms with van der Waals surface area (Å²) in [5.74, 6) is 0. The van der Waals surface area contributed by atoms with Crippen molar-refractivity contribution in [1.82, 2.24) is 10.6 Å². The van der Waals surface area contributed by atoms with Crippen molar-refractivity contribution in [2.45, 2.75) is 0 Å². The molecule has 0 fully saturated rings. The van der Waals surface area contributed by atoms with Gasteiger partial charge in [-0.3, -0.25) is 0 Å². The molecule has 2 nitrogen and oxygen atoms in total. The van der Waals surface area contributed by atoms with Gasteiger partial charge in [-0.05, 0) is 0 Å². The Bertz CT molecular complexity index is 46.8. The number of hydrogen-bond donors (Lipinski definition) is 2. The second-order valence-corrected chi connectivity index (χ2v) is 1.99. The molecular formula is C3H8N2Te. The number of hydrogen-bond acceptors (Lipinski definition) is 2. The molecule has 0 aliphatic heterocycles. The van der Waals surface area contributed by atoms with E-state index in [1.165, 1.54) is 0 Å². The van der Waals surface area contributed by atoms with E-state index in [1.54, 1.807) is 0 Å². The first kappa shape index (κ1) is 6.26. The van der Waals surface area contributed by atoms with Crippen molar-refractivity contribution in [3.05, 3.63) is 0 Å². The first-order chi connectivity index (χ1) is 2.81. The molecule has 0 spiro atoms. The molecule has 0 saturated heterocycles. The van der Waals surface area contributed by atoms with Crippen LogP contribution in [-0.2, 0) is 0 Å². The fraction of sp³-hybridized carbons (Fsp3) is 0.667. The van der Waals surface area contributed by atoms with Gasteiger partial charge in [0, 0.05) is 0 Å². The third-order valence-electron chi connectivity index (χ3n) is 0.454. The van der Waals surface area contributed by atoms with Crippen LogP contribution in [0.4, 0.5) is 0 Å². The summed E-state index contributed by atoms with van der Waals surface area (Å²) in [5.41, 5.74) is 0. The van der Waals surface area contributed by atoms with Gasteiger partial charge >= 0.3 is 50.3 Å². The van der Waals surface area contributed by atoms with E-state index in [0.29, 0.717) is 0 Å². The van der Waals surface area contributed by atoms with Crippen LogP contribution in [0.2, 0.25) is 0 Å². The summed E-state index contributed by atoms with van der Waals surface area (Å²) >= 11 is 1.91. The van der Waals surface area contributed by atoms with E-state index >= 15 is 0 Å². The topological polar surface area (TPSA) is 24.1 Å². The van der Waals surface area contributed by atoms with Gasteiger partial charge < -0.3 is 0 Å². The van der Waals surface area contributed by atoms with Crippen LogP contribution in [0.3, 0.4) is 0 Å². The zero-order chi connectivity index (χ0) is 4.99. The molecule has 0 unspecified atom stereocenters. The molecule has 0 aromatic rings. The molecule has 6 heavy (non-hydrogen) atoms. The summed E-state index contributed by atoms with van der Waals surface area (Å²) in [7, 11) is 3.77. The van der Waals surface area contributed by atoms with Gasteiger partial charge in [-0.25, -0.2) is 0 Å². The molecule has 0 saturated carbocycles. The van der Waals surface area contributed by atoms with Gasteiger partial charge in [0.2, 0.25) is 0 Å². The Balaban J connectivity index is 2.99. The molecule has 0 radical (unpaired) electrons. The van der Waals surface area contributed by atoms with Crippen LogP contribution in [-0.4, -0.2) is 39.7 Å². The van der Waals surface area contributed by atoms with Crippen LogP contribution >= 0.6 is 0 Å². The van der Waals surface area contributed by atoms with Crippen LogP contribution in [0.25, 0.3) is 0 Å². The summed E-state index contributed by atoms with van der Waals surface area (Å²) in [5, 5.41) is 5.85. The van der Waals surface area contributed by atoms with Gasteiger partial charge in [0.1, 0.15) is 0 Å². The number of nitrogens with one attached hydrogen (secondary N) is 2. The van der Waals surface area contributed by atoms with Gasteiger partial charge in [0.25, 0.3) is 0 Å². The van der Waals surface area contributed by atoms with Gasteiger partial charge in [0.05, 0.1) is 0 Å². The zero-order valence-electron chi connectivity index (χ0n) is 3.91. The van der Waals surface area contributed by atoms with Gasteiger partial charge in [-0.15, -0.1) is 0 Å². The van der Waals surface area contributed by atoms with Crippen LogP contribution in [0, 0.1) is 0 Å². The molecule has 2 N–H and O–H groups in total. The normalized spacial score (nSPS) is 7.00. The predicted molar refractivity (Wildman–Crippen MR) is 28.9 cm³/mol. The molecule has 0 aliphatic rings. The molecule has 0 aromatic carbocycles. The van der Waals surface area contributed by atoms with Crippen molar-refractivity contribution in [2.75, 3.05) is 14.1 Å². The van der Waals surface area contributed by atoms with E-state index < -0.39 is 0 Å². The fourth-order valence-corrected chi connectivity index (χ4v) is 0.125. The Morgan fingerprint density at radius 3 is 1.67 bits per heavy atom. The summed E-state index contributed by atoms with van der Waals surface area (Å²) in [4.78, 5) is 0. The predicted octanol–water partition coefficient (Wildman–Crippen LogP) is -1.32. The molecule has 36 valence electrons. The van der Waals surface area contributed by atoms with Crippen molar-refractivity contribution in [3.63, 3.8) is 0 Å². The van der Waals surface area contributed by atoms with E-state index in [0.717, 1.165) is 3.80 Å². The second kappa shape index (κ2) is 3.45. The van der Waals surface area contributed by atoms with Gasteiger partial charge in [0.15, 0.2) is 0 Å². The molecule has 0 atom stereocenters. The van der Waals surface area contributed by atoms with E-state index in [9.17, 15) is 0 Å². The maximum atomic E-state index is 2.92. The van der Waals surface area contributed by atoms with Crippen molar-refractivity contribution < 1.29 is 0 Å². The molecule has 0 bridgehead atoms. The standard InChI is InChI=1S/C3H8N2Te/c1-4-3(6)5-2/h1-2H3,(H2,4,5,6). The minimum absolute atomic E-state index is 1.10. The molecule has 0 heterocycles. The Hall–Kier alpha value is 0.260. The van der Waals surface area contributed by atoms with Gasteiger partial charge in [-0.1, -0.05) is 0 Å². The van der Waals surface area contributed by atoms with Crippen molar-refractivity contribution >= 4 is 25.6 Å². The second-order valence-electron chi connectivity index (χ2n) is 0.829. The van der Waals surface area contributed by atoms with E-state index in [1.807, 2.05) is 35.9 Å². The SMILES string of the molecule is CNC(=[Te])NC. The first-order valence-corrected chi connectivity index (χ1v) is 2.87. The Labute approximate surface area is 50.7 Å². The Morgan fingerprint density at radius 1 is 1.33 bits per heavy atom. The van der Waals surface area contributed by atoms with E-state index in [-0.39, 0.29) is 0 Å². The molecule has 0 amide bonds. The summed E-state index contributed by atoms with van der Waals surface area (Å²) in [6.45, 7) is 0.